The van der Waals surface area contributed by atoms with E-state index in [2.05, 4.69) is 39.9 Å². The molecule has 0 aromatic heterocycles. The minimum Gasteiger partial charge on any atom is -0.493 e. The third kappa shape index (κ3) is 7.41. The van der Waals surface area contributed by atoms with Gasteiger partial charge in [-0.2, -0.15) is 0 Å². The maximum atomic E-state index is 14.0. The number of rotatable bonds is 13. The van der Waals surface area contributed by atoms with Crippen LogP contribution in [0, 0.1) is 23.7 Å². The van der Waals surface area contributed by atoms with Crippen LogP contribution in [0.3, 0.4) is 0 Å². The van der Waals surface area contributed by atoms with Crippen molar-refractivity contribution in [3.05, 3.63) is 34.9 Å². The lowest BCUT2D eigenvalue weighted by molar-refractivity contribution is -0.147. The van der Waals surface area contributed by atoms with Crippen molar-refractivity contribution in [1.29, 1.82) is 0 Å². The first-order valence-electron chi connectivity index (χ1n) is 16.2. The highest BCUT2D eigenvalue weighted by Gasteiger charge is 2.51. The van der Waals surface area contributed by atoms with Crippen molar-refractivity contribution in [1.82, 2.24) is 10.2 Å². The summed E-state index contributed by atoms with van der Waals surface area (Å²) in [4.78, 5) is 29.2. The smallest absolute Gasteiger partial charge is 0.249 e. The van der Waals surface area contributed by atoms with Crippen molar-refractivity contribution in [2.75, 3.05) is 33.4 Å². The minimum absolute atomic E-state index is 0.00785. The number of carbonyl (C=O) groups excluding carboxylic acids is 2. The van der Waals surface area contributed by atoms with Crippen LogP contribution >= 0.6 is 0 Å². The summed E-state index contributed by atoms with van der Waals surface area (Å²) in [5, 5.41) is 33.9. The number of ether oxygens (including phenoxy) is 3. The van der Waals surface area contributed by atoms with Crippen LogP contribution in [-0.2, 0) is 20.9 Å². The Hall–Kier alpha value is -2.66. The quantitative estimate of drug-likeness (QED) is 0.265. The molecule has 1 aromatic rings. The number of benzene rings is 1. The molecular weight excluding hydrogens is 564 g/mol. The van der Waals surface area contributed by atoms with E-state index < -0.39 is 30.1 Å². The average Bonchev–Trinajstić information content (AvgIpc) is 3.39. The maximum Gasteiger partial charge on any atom is 0.249 e. The third-order valence-corrected chi connectivity index (χ3v) is 9.50. The maximum absolute atomic E-state index is 14.0. The van der Waals surface area contributed by atoms with E-state index in [1.54, 1.807) is 23.1 Å². The van der Waals surface area contributed by atoms with Crippen LogP contribution in [0.2, 0.25) is 0 Å². The van der Waals surface area contributed by atoms with Gasteiger partial charge < -0.3 is 39.7 Å². The molecule has 2 aliphatic carbocycles. The van der Waals surface area contributed by atoms with E-state index in [0.717, 1.165) is 19.3 Å². The van der Waals surface area contributed by atoms with E-state index in [9.17, 15) is 24.9 Å². The molecule has 7 unspecified atom stereocenters. The number of aliphatic hydroxyl groups is 3. The van der Waals surface area contributed by atoms with Gasteiger partial charge in [0.25, 0.3) is 0 Å². The molecule has 0 radical (unpaired) electrons. The summed E-state index contributed by atoms with van der Waals surface area (Å²) in [5.41, 5.74) is 1.54. The fourth-order valence-electron chi connectivity index (χ4n) is 7.02. The Morgan fingerprint density at radius 1 is 1.16 bits per heavy atom. The molecule has 10 heteroatoms. The second-order valence-corrected chi connectivity index (χ2v) is 13.5. The summed E-state index contributed by atoms with van der Waals surface area (Å²) in [5.74, 6) is 1.14. The highest BCUT2D eigenvalue weighted by atomic mass is 16.5. The number of hydrogen-bond acceptors (Lipinski definition) is 8. The van der Waals surface area contributed by atoms with Gasteiger partial charge >= 0.3 is 0 Å². The number of amides is 2. The lowest BCUT2D eigenvalue weighted by Crippen LogP contribution is -2.56. The van der Waals surface area contributed by atoms with Crippen molar-refractivity contribution in [3.63, 3.8) is 0 Å². The summed E-state index contributed by atoms with van der Waals surface area (Å²) < 4.78 is 18.2. The molecule has 3 aliphatic rings. The molecule has 4 N–H and O–H groups in total. The van der Waals surface area contributed by atoms with Crippen LogP contribution in [0.4, 0.5) is 0 Å². The predicted molar refractivity (Wildman–Crippen MR) is 166 cm³/mol. The Kier molecular flexibility index (Phi) is 11.7. The fourth-order valence-corrected chi connectivity index (χ4v) is 7.02. The topological polar surface area (TPSA) is 138 Å². The zero-order valence-electron chi connectivity index (χ0n) is 27.1. The van der Waals surface area contributed by atoms with Crippen LogP contribution in [-0.4, -0.2) is 89.8 Å². The number of fused-ring (bicyclic) bond motifs is 3. The highest BCUT2D eigenvalue weighted by molar-refractivity contribution is 5.96. The number of carbonyl (C=O) groups is 2. The molecule has 7 atom stereocenters. The standard InChI is InChI=1S/C34H52N2O8/c1-19(2)9-11-36(29(39)18-43-27-13-21(5)7-8-23(27)20(3)4)26-16-25(34(41)35-10-12-37)30-24-14-22(17-38)15-28(42-6)32(24)44-33(30)31(26)40/h14-16,19-21,23,26-27,30-31,33,37-38,40H,7-13,17-18H2,1-6H3,(H,35,41). The van der Waals surface area contributed by atoms with Crippen LogP contribution in [0.1, 0.15) is 77.3 Å². The average molecular weight is 617 g/mol. The van der Waals surface area contributed by atoms with E-state index >= 15 is 0 Å². The molecule has 1 aromatic carbocycles. The van der Waals surface area contributed by atoms with Crippen LogP contribution in [0.25, 0.3) is 0 Å². The molecular formula is C34H52N2O8. The highest BCUT2D eigenvalue weighted by Crippen LogP contribution is 2.51. The van der Waals surface area contributed by atoms with Crippen molar-refractivity contribution in [3.8, 4) is 11.5 Å². The monoisotopic (exact) mass is 616 g/mol. The van der Waals surface area contributed by atoms with E-state index in [0.29, 0.717) is 64.8 Å². The molecule has 2 amide bonds. The molecule has 4 rings (SSSR count). The number of hydrogen-bond donors (Lipinski definition) is 4. The summed E-state index contributed by atoms with van der Waals surface area (Å²) in [6, 6.07) is 2.58. The van der Waals surface area contributed by atoms with E-state index in [-0.39, 0.29) is 38.4 Å². The fraction of sp³-hybridized carbons (Fsp3) is 0.706. The van der Waals surface area contributed by atoms with E-state index in [1.165, 1.54) is 7.11 Å². The number of nitrogens with one attached hydrogen (secondary N) is 1. The van der Waals surface area contributed by atoms with Crippen LogP contribution < -0.4 is 14.8 Å². The summed E-state index contributed by atoms with van der Waals surface area (Å²) in [6.07, 6.45) is 3.49. The number of methoxy groups -OCH3 is 1. The lowest BCUT2D eigenvalue weighted by atomic mass is 9.75. The molecule has 44 heavy (non-hydrogen) atoms. The van der Waals surface area contributed by atoms with Gasteiger partial charge in [-0.25, -0.2) is 0 Å². The largest absolute Gasteiger partial charge is 0.493 e. The molecule has 1 heterocycles. The van der Waals surface area contributed by atoms with Gasteiger partial charge in [0.05, 0.1) is 38.4 Å². The van der Waals surface area contributed by atoms with Crippen molar-refractivity contribution in [2.45, 2.75) is 97.2 Å². The summed E-state index contributed by atoms with van der Waals surface area (Å²) in [6.45, 7) is 10.6. The van der Waals surface area contributed by atoms with E-state index in [4.69, 9.17) is 14.2 Å². The van der Waals surface area contributed by atoms with Gasteiger partial charge in [-0.1, -0.05) is 41.0 Å². The SMILES string of the molecule is COc1cc(CO)cc2c1OC1C2C(C(=O)NCCO)=CC(N(CCC(C)C)C(=O)COC2CC(C)CCC2C(C)C)C1O. The lowest BCUT2D eigenvalue weighted by Gasteiger charge is -2.41. The van der Waals surface area contributed by atoms with Crippen LogP contribution in [0.5, 0.6) is 11.5 Å². The van der Waals surface area contributed by atoms with Gasteiger partial charge in [0.1, 0.15) is 18.8 Å². The van der Waals surface area contributed by atoms with Crippen molar-refractivity contribution in [2.24, 2.45) is 23.7 Å². The first-order chi connectivity index (χ1) is 21.0. The number of nitrogens with zero attached hydrogens (tertiary/aromatic N) is 1. The van der Waals surface area contributed by atoms with Crippen molar-refractivity contribution < 1.29 is 39.1 Å². The Labute approximate surface area is 261 Å². The summed E-state index contributed by atoms with van der Waals surface area (Å²) >= 11 is 0. The molecule has 1 fully saturated rings. The molecule has 0 bridgehead atoms. The summed E-state index contributed by atoms with van der Waals surface area (Å²) in [7, 11) is 1.50. The molecule has 1 saturated carbocycles. The Balaban J connectivity index is 1.68. The zero-order chi connectivity index (χ0) is 32.1. The van der Waals surface area contributed by atoms with Crippen LogP contribution in [0.15, 0.2) is 23.8 Å². The van der Waals surface area contributed by atoms with Gasteiger partial charge in [0, 0.05) is 24.2 Å². The normalized spacial score (nSPS) is 27.8. The zero-order valence-corrected chi connectivity index (χ0v) is 27.1. The first-order valence-corrected chi connectivity index (χ1v) is 16.2. The third-order valence-electron chi connectivity index (χ3n) is 9.50. The van der Waals surface area contributed by atoms with Crippen molar-refractivity contribution >= 4 is 11.8 Å². The Morgan fingerprint density at radius 2 is 1.91 bits per heavy atom. The molecule has 10 nitrogen and oxygen atoms in total. The molecule has 0 saturated heterocycles. The van der Waals surface area contributed by atoms with Gasteiger partial charge in [0.2, 0.25) is 11.8 Å². The van der Waals surface area contributed by atoms with Gasteiger partial charge in [-0.15, -0.1) is 0 Å². The molecule has 1 aliphatic heterocycles. The molecule has 0 spiro atoms. The molecule has 246 valence electrons. The second kappa shape index (κ2) is 15.1. The van der Waals surface area contributed by atoms with E-state index in [1.807, 2.05) is 0 Å². The Bertz CT molecular complexity index is 1180. The Morgan fingerprint density at radius 3 is 2.55 bits per heavy atom. The predicted octanol–water partition coefficient (Wildman–Crippen LogP) is 3.16. The first kappa shape index (κ1) is 34.2. The van der Waals surface area contributed by atoms with Gasteiger partial charge in [0.15, 0.2) is 11.5 Å². The number of aliphatic hydroxyl groups excluding tert-OH is 3. The second-order valence-electron chi connectivity index (χ2n) is 13.5. The van der Waals surface area contributed by atoms with Gasteiger partial charge in [-0.3, -0.25) is 9.59 Å². The van der Waals surface area contributed by atoms with Gasteiger partial charge in [-0.05, 0) is 66.7 Å². The minimum atomic E-state index is -1.15.